The zero-order valence-electron chi connectivity index (χ0n) is 18.8. The van der Waals surface area contributed by atoms with Gasteiger partial charge in [-0.3, -0.25) is 9.59 Å². The fourth-order valence-corrected chi connectivity index (χ4v) is 3.72. The topological polar surface area (TPSA) is 99.8 Å². The van der Waals surface area contributed by atoms with E-state index in [1.54, 1.807) is 35.8 Å². The van der Waals surface area contributed by atoms with E-state index in [2.05, 4.69) is 40.5 Å². The Balaban J connectivity index is 1.55. The molecule has 2 amide bonds. The summed E-state index contributed by atoms with van der Waals surface area (Å²) in [5.74, 6) is 5.66. The van der Waals surface area contributed by atoms with Crippen LogP contribution in [0.2, 0.25) is 0 Å². The molecule has 2 N–H and O–H groups in total. The lowest BCUT2D eigenvalue weighted by molar-refractivity contribution is -0.115. The van der Waals surface area contributed by atoms with Crippen LogP contribution in [0.1, 0.15) is 49.5 Å². The van der Waals surface area contributed by atoms with E-state index in [1.807, 2.05) is 30.7 Å². The number of aromatic nitrogens is 2. The SMILES string of the molecule is CCCC#CC(C)(C)n1ccc(C(=O)NCC(=O)Nc2nc(-c3cccc(C#N)c3)cs2)c1. The van der Waals surface area contributed by atoms with Gasteiger partial charge >= 0.3 is 0 Å². The minimum absolute atomic E-state index is 0.178. The molecule has 1 aromatic carbocycles. The average molecular weight is 460 g/mol. The van der Waals surface area contributed by atoms with E-state index < -0.39 is 5.54 Å². The molecule has 168 valence electrons. The molecule has 0 radical (unpaired) electrons. The van der Waals surface area contributed by atoms with Crippen molar-refractivity contribution in [3.8, 4) is 29.2 Å². The molecule has 0 saturated carbocycles. The standard InChI is InChI=1S/C25H25N5O2S/c1-4-5-6-11-25(2,3)30-12-10-20(16-30)23(32)27-15-22(31)29-24-28-21(17-33-24)19-9-7-8-18(13-19)14-26/h7-10,12-13,16-17H,4-5,15H2,1-3H3,(H,27,32)(H,28,29,31). The lowest BCUT2D eigenvalue weighted by atomic mass is 10.1. The monoisotopic (exact) mass is 459 g/mol. The molecular formula is C25H25N5O2S. The molecule has 0 bridgehead atoms. The summed E-state index contributed by atoms with van der Waals surface area (Å²) in [6, 6.07) is 10.9. The third kappa shape index (κ3) is 6.31. The summed E-state index contributed by atoms with van der Waals surface area (Å²) >= 11 is 1.28. The molecule has 7 nitrogen and oxygen atoms in total. The zero-order valence-corrected chi connectivity index (χ0v) is 19.6. The Morgan fingerprint density at radius 2 is 2.09 bits per heavy atom. The Bertz CT molecular complexity index is 1250. The molecule has 0 unspecified atom stereocenters. The van der Waals surface area contributed by atoms with E-state index in [-0.39, 0.29) is 18.4 Å². The van der Waals surface area contributed by atoms with Crippen molar-refractivity contribution in [2.24, 2.45) is 0 Å². The van der Waals surface area contributed by atoms with Crippen LogP contribution in [-0.2, 0) is 10.3 Å². The summed E-state index contributed by atoms with van der Waals surface area (Å²) in [7, 11) is 0. The lowest BCUT2D eigenvalue weighted by Gasteiger charge is -2.20. The highest BCUT2D eigenvalue weighted by Gasteiger charge is 2.18. The molecular weight excluding hydrogens is 434 g/mol. The third-order valence-electron chi connectivity index (χ3n) is 4.82. The number of hydrogen-bond acceptors (Lipinski definition) is 5. The Hall–Kier alpha value is -3.88. The van der Waals surface area contributed by atoms with Crippen LogP contribution in [0.3, 0.4) is 0 Å². The van der Waals surface area contributed by atoms with Crippen molar-refractivity contribution in [3.63, 3.8) is 0 Å². The molecule has 3 aromatic rings. The van der Waals surface area contributed by atoms with Gasteiger partial charge in [0.05, 0.1) is 35.0 Å². The first-order valence-electron chi connectivity index (χ1n) is 10.5. The smallest absolute Gasteiger partial charge is 0.253 e. The minimum atomic E-state index is -0.430. The predicted molar refractivity (Wildman–Crippen MR) is 130 cm³/mol. The van der Waals surface area contributed by atoms with Gasteiger partial charge in [-0.25, -0.2) is 4.98 Å². The maximum absolute atomic E-state index is 12.5. The fraction of sp³-hybridized carbons (Fsp3) is 0.280. The summed E-state index contributed by atoms with van der Waals surface area (Å²) < 4.78 is 1.89. The number of rotatable bonds is 7. The molecule has 0 aliphatic rings. The van der Waals surface area contributed by atoms with Crippen molar-refractivity contribution in [3.05, 3.63) is 59.2 Å². The zero-order chi connectivity index (χ0) is 23.8. The van der Waals surface area contributed by atoms with Gasteiger partial charge in [0, 0.05) is 29.8 Å². The van der Waals surface area contributed by atoms with E-state index in [1.165, 1.54) is 11.3 Å². The molecule has 0 fully saturated rings. The van der Waals surface area contributed by atoms with Crippen molar-refractivity contribution in [2.75, 3.05) is 11.9 Å². The normalized spacial score (nSPS) is 10.6. The van der Waals surface area contributed by atoms with E-state index in [9.17, 15) is 9.59 Å². The maximum atomic E-state index is 12.5. The number of hydrogen-bond donors (Lipinski definition) is 2. The first kappa shape index (κ1) is 23.8. The maximum Gasteiger partial charge on any atom is 0.253 e. The molecule has 33 heavy (non-hydrogen) atoms. The van der Waals surface area contributed by atoms with Crippen LogP contribution in [0, 0.1) is 23.2 Å². The molecule has 0 atom stereocenters. The third-order valence-corrected chi connectivity index (χ3v) is 5.58. The highest BCUT2D eigenvalue weighted by Crippen LogP contribution is 2.25. The van der Waals surface area contributed by atoms with Gasteiger partial charge in [0.2, 0.25) is 5.91 Å². The molecule has 8 heteroatoms. The van der Waals surface area contributed by atoms with Gasteiger partial charge in [0.15, 0.2) is 5.13 Å². The summed E-state index contributed by atoms with van der Waals surface area (Å²) in [4.78, 5) is 29.1. The van der Waals surface area contributed by atoms with Gasteiger partial charge in [-0.2, -0.15) is 5.26 Å². The van der Waals surface area contributed by atoms with Crippen LogP contribution in [0.15, 0.2) is 48.1 Å². The molecule has 3 rings (SSSR count). The molecule has 2 aromatic heterocycles. The van der Waals surface area contributed by atoms with Crippen molar-refractivity contribution >= 4 is 28.3 Å². The molecule has 0 aliphatic carbocycles. The van der Waals surface area contributed by atoms with Crippen LogP contribution >= 0.6 is 11.3 Å². The van der Waals surface area contributed by atoms with Crippen LogP contribution < -0.4 is 10.6 Å². The Morgan fingerprint density at radius 1 is 1.27 bits per heavy atom. The van der Waals surface area contributed by atoms with Crippen LogP contribution in [-0.4, -0.2) is 27.9 Å². The van der Waals surface area contributed by atoms with E-state index in [0.717, 1.165) is 18.4 Å². The molecule has 0 aliphatic heterocycles. The van der Waals surface area contributed by atoms with Crippen LogP contribution in [0.25, 0.3) is 11.3 Å². The lowest BCUT2D eigenvalue weighted by Crippen LogP contribution is -2.32. The van der Waals surface area contributed by atoms with E-state index >= 15 is 0 Å². The number of amides is 2. The highest BCUT2D eigenvalue weighted by atomic mass is 32.1. The Morgan fingerprint density at radius 3 is 2.85 bits per heavy atom. The largest absolute Gasteiger partial charge is 0.343 e. The van der Waals surface area contributed by atoms with E-state index in [4.69, 9.17) is 5.26 Å². The number of anilines is 1. The van der Waals surface area contributed by atoms with Crippen molar-refractivity contribution in [1.29, 1.82) is 5.26 Å². The number of benzene rings is 1. The summed E-state index contributed by atoms with van der Waals surface area (Å²) in [6.07, 6.45) is 5.38. The van der Waals surface area contributed by atoms with Gasteiger partial charge < -0.3 is 15.2 Å². The van der Waals surface area contributed by atoms with Gasteiger partial charge in [0.25, 0.3) is 5.91 Å². The second-order valence-electron chi connectivity index (χ2n) is 7.88. The predicted octanol–water partition coefficient (Wildman–Crippen LogP) is 4.39. The van der Waals surface area contributed by atoms with Gasteiger partial charge in [-0.15, -0.1) is 17.3 Å². The first-order chi connectivity index (χ1) is 15.8. The van der Waals surface area contributed by atoms with Crippen molar-refractivity contribution in [2.45, 2.75) is 39.2 Å². The van der Waals surface area contributed by atoms with Crippen LogP contribution in [0.4, 0.5) is 5.13 Å². The fourth-order valence-electron chi connectivity index (χ4n) is 2.98. The minimum Gasteiger partial charge on any atom is -0.343 e. The number of unbranched alkanes of at least 4 members (excludes halogenated alkanes) is 1. The summed E-state index contributed by atoms with van der Waals surface area (Å²) in [5, 5.41) is 16.6. The summed E-state index contributed by atoms with van der Waals surface area (Å²) in [5.41, 5.74) is 2.04. The molecule has 0 saturated heterocycles. The second kappa shape index (κ2) is 10.6. The average Bonchev–Trinajstić information content (AvgIpc) is 3.48. The second-order valence-corrected chi connectivity index (χ2v) is 8.74. The number of carbonyl (C=O) groups excluding carboxylic acids is 2. The van der Waals surface area contributed by atoms with Gasteiger partial charge in [-0.05, 0) is 38.5 Å². The molecule has 2 heterocycles. The van der Waals surface area contributed by atoms with Crippen LogP contribution in [0.5, 0.6) is 0 Å². The Labute approximate surface area is 197 Å². The number of thiazole rings is 1. The summed E-state index contributed by atoms with van der Waals surface area (Å²) in [6.45, 7) is 5.88. The number of nitrogens with one attached hydrogen (secondary N) is 2. The van der Waals surface area contributed by atoms with Crippen molar-refractivity contribution < 1.29 is 9.59 Å². The van der Waals surface area contributed by atoms with Gasteiger partial charge in [0.1, 0.15) is 0 Å². The van der Waals surface area contributed by atoms with Crippen molar-refractivity contribution in [1.82, 2.24) is 14.9 Å². The number of carbonyl (C=O) groups is 2. The van der Waals surface area contributed by atoms with Gasteiger partial charge in [-0.1, -0.05) is 25.0 Å². The van der Waals surface area contributed by atoms with E-state index in [0.29, 0.717) is 22.0 Å². The quantitative estimate of drug-likeness (QED) is 0.512. The highest BCUT2D eigenvalue weighted by molar-refractivity contribution is 7.14. The number of nitrogens with zero attached hydrogens (tertiary/aromatic N) is 3. The Kier molecular flexibility index (Phi) is 7.66. The first-order valence-corrected chi connectivity index (χ1v) is 11.4. The number of nitriles is 1. The molecule has 0 spiro atoms.